The van der Waals surface area contributed by atoms with Crippen molar-refractivity contribution >= 4 is 43.5 Å². The van der Waals surface area contributed by atoms with Crippen molar-refractivity contribution in [1.29, 1.82) is 0 Å². The Morgan fingerprint density at radius 3 is 2.52 bits per heavy atom. The largest absolute Gasteiger partial charge is 0.465 e. The zero-order chi connectivity index (χ0) is 16.2. The minimum Gasteiger partial charge on any atom is -0.465 e. The summed E-state index contributed by atoms with van der Waals surface area (Å²) in [5.74, 6) is -0.594. The van der Waals surface area contributed by atoms with Gasteiger partial charge >= 0.3 is 5.97 Å². The lowest BCUT2D eigenvalue weighted by molar-refractivity contribution is -0.143. The van der Waals surface area contributed by atoms with E-state index in [0.717, 1.165) is 4.31 Å². The fourth-order valence-corrected chi connectivity index (χ4v) is 4.28. The predicted molar refractivity (Wildman–Crippen MR) is 84.8 cm³/mol. The number of sulfonamides is 1. The summed E-state index contributed by atoms with van der Waals surface area (Å²) in [6.07, 6.45) is 0. The highest BCUT2D eigenvalue weighted by Gasteiger charge is 2.31. The summed E-state index contributed by atoms with van der Waals surface area (Å²) in [7, 11) is -3.88. The Labute approximate surface area is 138 Å². The topological polar surface area (TPSA) is 63.7 Å². The standard InChI is InChI=1S/C13H17BrClNO4S/c1-4-20-13(17)8-16(9(2)3)21(18,19)12-6-5-10(14)7-11(12)15/h5-7,9H,4,8H2,1-3H3. The second-order valence-corrected chi connectivity index (χ2v) is 7.71. The van der Waals surface area contributed by atoms with Crippen molar-refractivity contribution in [3.63, 3.8) is 0 Å². The van der Waals surface area contributed by atoms with Crippen LogP contribution in [0.2, 0.25) is 5.02 Å². The van der Waals surface area contributed by atoms with Crippen molar-refractivity contribution < 1.29 is 17.9 Å². The average molecular weight is 399 g/mol. The summed E-state index contributed by atoms with van der Waals surface area (Å²) in [4.78, 5) is 11.6. The van der Waals surface area contributed by atoms with Crippen LogP contribution < -0.4 is 0 Å². The van der Waals surface area contributed by atoms with Gasteiger partial charge in [0.1, 0.15) is 11.4 Å². The highest BCUT2D eigenvalue weighted by Crippen LogP contribution is 2.28. The molecule has 0 spiro atoms. The molecule has 8 heteroatoms. The third-order valence-corrected chi connectivity index (χ3v) is 5.64. The van der Waals surface area contributed by atoms with E-state index in [9.17, 15) is 13.2 Å². The number of nitrogens with zero attached hydrogens (tertiary/aromatic N) is 1. The van der Waals surface area contributed by atoms with Crippen molar-refractivity contribution in [2.24, 2.45) is 0 Å². The molecule has 0 amide bonds. The van der Waals surface area contributed by atoms with E-state index in [1.807, 2.05) is 0 Å². The fraction of sp³-hybridized carbons (Fsp3) is 0.462. The number of hydrogen-bond donors (Lipinski definition) is 0. The maximum absolute atomic E-state index is 12.7. The van der Waals surface area contributed by atoms with Gasteiger partial charge in [0.15, 0.2) is 0 Å². The molecule has 5 nitrogen and oxygen atoms in total. The molecule has 0 aromatic heterocycles. The molecule has 118 valence electrons. The molecule has 1 rings (SSSR count). The van der Waals surface area contributed by atoms with Crippen molar-refractivity contribution in [2.45, 2.75) is 31.7 Å². The van der Waals surface area contributed by atoms with E-state index in [1.165, 1.54) is 12.1 Å². The van der Waals surface area contributed by atoms with E-state index in [0.29, 0.717) is 4.47 Å². The number of hydrogen-bond acceptors (Lipinski definition) is 4. The van der Waals surface area contributed by atoms with Crippen LogP contribution >= 0.6 is 27.5 Å². The zero-order valence-corrected chi connectivity index (χ0v) is 15.1. The molecular formula is C13H17BrClNO4S. The van der Waals surface area contributed by atoms with Gasteiger partial charge in [-0.2, -0.15) is 4.31 Å². The number of carbonyl (C=O) groups is 1. The van der Waals surface area contributed by atoms with Gasteiger partial charge in [0, 0.05) is 10.5 Å². The molecule has 1 aromatic rings. The number of ether oxygens (including phenoxy) is 1. The van der Waals surface area contributed by atoms with Crippen LogP contribution in [0, 0.1) is 0 Å². The molecule has 0 fully saturated rings. The van der Waals surface area contributed by atoms with Crippen molar-refractivity contribution in [1.82, 2.24) is 4.31 Å². The van der Waals surface area contributed by atoms with Gasteiger partial charge in [0.25, 0.3) is 0 Å². The van der Waals surface area contributed by atoms with Gasteiger partial charge in [-0.1, -0.05) is 27.5 Å². The average Bonchev–Trinajstić information content (AvgIpc) is 2.35. The molecular weight excluding hydrogens is 382 g/mol. The second-order valence-electron chi connectivity index (χ2n) is 4.52. The highest BCUT2D eigenvalue weighted by atomic mass is 79.9. The van der Waals surface area contributed by atoms with Crippen molar-refractivity contribution in [3.8, 4) is 0 Å². The van der Waals surface area contributed by atoms with Crippen molar-refractivity contribution in [2.75, 3.05) is 13.2 Å². The van der Waals surface area contributed by atoms with Crippen LogP contribution in [0.5, 0.6) is 0 Å². The number of benzene rings is 1. The summed E-state index contributed by atoms with van der Waals surface area (Å²) in [6.45, 7) is 4.88. The van der Waals surface area contributed by atoms with Gasteiger partial charge in [0.2, 0.25) is 10.0 Å². The Hall–Kier alpha value is -0.630. The molecule has 0 saturated carbocycles. The van der Waals surface area contributed by atoms with E-state index >= 15 is 0 Å². The summed E-state index contributed by atoms with van der Waals surface area (Å²) in [6, 6.07) is 4.08. The Kier molecular flexibility index (Phi) is 6.65. The molecule has 0 N–H and O–H groups in total. The molecule has 0 bridgehead atoms. The van der Waals surface area contributed by atoms with Crippen LogP contribution in [0.15, 0.2) is 27.6 Å². The summed E-state index contributed by atoms with van der Waals surface area (Å²) >= 11 is 9.23. The fourth-order valence-electron chi connectivity index (χ4n) is 1.69. The van der Waals surface area contributed by atoms with Gasteiger partial charge in [-0.05, 0) is 39.0 Å². The summed E-state index contributed by atoms with van der Waals surface area (Å²) in [5.41, 5.74) is 0. The van der Waals surface area contributed by atoms with Gasteiger partial charge in [0.05, 0.1) is 11.6 Å². The van der Waals surface area contributed by atoms with Crippen LogP contribution in [0.4, 0.5) is 0 Å². The van der Waals surface area contributed by atoms with Crippen molar-refractivity contribution in [3.05, 3.63) is 27.7 Å². The monoisotopic (exact) mass is 397 g/mol. The molecule has 0 atom stereocenters. The SMILES string of the molecule is CCOC(=O)CN(C(C)C)S(=O)(=O)c1ccc(Br)cc1Cl. The minimum absolute atomic E-state index is 0.0367. The summed E-state index contributed by atoms with van der Waals surface area (Å²) < 4.78 is 31.9. The first kappa shape index (κ1) is 18.4. The quantitative estimate of drug-likeness (QED) is 0.691. The maximum atomic E-state index is 12.7. The van der Waals surface area contributed by atoms with Gasteiger partial charge in [-0.25, -0.2) is 8.42 Å². The van der Waals surface area contributed by atoms with E-state index in [1.54, 1.807) is 26.8 Å². The smallest absolute Gasteiger partial charge is 0.321 e. The molecule has 0 aliphatic carbocycles. The van der Waals surface area contributed by atoms with E-state index in [4.69, 9.17) is 16.3 Å². The van der Waals surface area contributed by atoms with Crippen LogP contribution in [-0.2, 0) is 19.6 Å². The number of rotatable bonds is 6. The predicted octanol–water partition coefficient (Wildman–Crippen LogP) is 3.06. The number of halogens is 2. The molecule has 0 saturated heterocycles. The van der Waals surface area contributed by atoms with E-state index in [2.05, 4.69) is 15.9 Å². The third-order valence-electron chi connectivity index (χ3n) is 2.65. The number of carbonyl (C=O) groups excluding carboxylic acids is 1. The van der Waals surface area contributed by atoms with Gasteiger partial charge in [-0.3, -0.25) is 4.79 Å². The van der Waals surface area contributed by atoms with Crippen LogP contribution in [0.25, 0.3) is 0 Å². The van der Waals surface area contributed by atoms with Crippen LogP contribution in [0.3, 0.4) is 0 Å². The minimum atomic E-state index is -3.88. The van der Waals surface area contributed by atoms with Crippen LogP contribution in [-0.4, -0.2) is 37.9 Å². The molecule has 0 aliphatic rings. The lowest BCUT2D eigenvalue weighted by atomic mass is 10.4. The molecule has 0 heterocycles. The number of esters is 1. The van der Waals surface area contributed by atoms with E-state index in [-0.39, 0.29) is 23.1 Å². The highest BCUT2D eigenvalue weighted by molar-refractivity contribution is 9.10. The first-order valence-electron chi connectivity index (χ1n) is 6.32. The third kappa shape index (κ3) is 4.67. The van der Waals surface area contributed by atoms with Gasteiger partial charge in [-0.15, -0.1) is 0 Å². The Morgan fingerprint density at radius 2 is 2.05 bits per heavy atom. The Morgan fingerprint density at radius 1 is 1.43 bits per heavy atom. The van der Waals surface area contributed by atoms with E-state index < -0.39 is 22.0 Å². The first-order chi connectivity index (χ1) is 9.70. The zero-order valence-electron chi connectivity index (χ0n) is 12.0. The lowest BCUT2D eigenvalue weighted by Gasteiger charge is -2.25. The maximum Gasteiger partial charge on any atom is 0.321 e. The molecule has 1 aromatic carbocycles. The van der Waals surface area contributed by atoms with Crippen LogP contribution in [0.1, 0.15) is 20.8 Å². The lowest BCUT2D eigenvalue weighted by Crippen LogP contribution is -2.41. The first-order valence-corrected chi connectivity index (χ1v) is 8.93. The van der Waals surface area contributed by atoms with Gasteiger partial charge < -0.3 is 4.74 Å². The Bertz CT molecular complexity index is 619. The molecule has 0 aliphatic heterocycles. The Balaban J connectivity index is 3.19. The molecule has 21 heavy (non-hydrogen) atoms. The second kappa shape index (κ2) is 7.58. The normalized spacial score (nSPS) is 12.0. The molecule has 0 unspecified atom stereocenters. The molecule has 0 radical (unpaired) electrons. The summed E-state index contributed by atoms with van der Waals surface area (Å²) in [5, 5.41) is 0.0962.